The maximum absolute atomic E-state index is 9.79. The van der Waals surface area contributed by atoms with Crippen LogP contribution in [-0.2, 0) is 4.74 Å². The van der Waals surface area contributed by atoms with E-state index < -0.39 is 6.41 Å². The zero-order chi connectivity index (χ0) is 11.5. The topological polar surface area (TPSA) is 32.7 Å². The van der Waals surface area contributed by atoms with Crippen molar-refractivity contribution in [1.29, 1.82) is 0 Å². The van der Waals surface area contributed by atoms with Gasteiger partial charge in [0.1, 0.15) is 0 Å². The Morgan fingerprint density at radius 3 is 2.67 bits per heavy atom. The Hall–Kier alpha value is -0.820. The predicted molar refractivity (Wildman–Crippen MR) is 60.0 cm³/mol. The normalized spacial score (nSPS) is 20.6. The molecule has 0 radical (unpaired) electrons. The van der Waals surface area contributed by atoms with Crippen molar-refractivity contribution in [1.82, 2.24) is 4.90 Å². The summed E-state index contributed by atoms with van der Waals surface area (Å²) in [4.78, 5) is 1.85. The molecule has 0 aromatic carbocycles. The number of terminal acetylenes is 1. The lowest BCUT2D eigenvalue weighted by molar-refractivity contribution is -0.237. The fourth-order valence-electron chi connectivity index (χ4n) is 1.41. The number of hydrogen-bond acceptors (Lipinski definition) is 3. The van der Waals surface area contributed by atoms with Crippen LogP contribution < -0.4 is 0 Å². The Morgan fingerprint density at radius 1 is 1.60 bits per heavy atom. The van der Waals surface area contributed by atoms with E-state index >= 15 is 0 Å². The molecule has 1 rings (SSSR count). The van der Waals surface area contributed by atoms with Crippen LogP contribution in [0.25, 0.3) is 0 Å². The van der Waals surface area contributed by atoms with E-state index in [1.807, 2.05) is 31.7 Å². The Bertz CT molecular complexity index is 283. The highest BCUT2D eigenvalue weighted by atomic mass is 16.6. The number of hydrogen-bond donors (Lipinski definition) is 1. The summed E-state index contributed by atoms with van der Waals surface area (Å²) in [5, 5.41) is 9.79. The van der Waals surface area contributed by atoms with Crippen LogP contribution in [0.4, 0.5) is 0 Å². The molecule has 84 valence electrons. The molecule has 3 heteroatoms. The van der Waals surface area contributed by atoms with Gasteiger partial charge in [-0.25, -0.2) is 0 Å². The van der Waals surface area contributed by atoms with Crippen LogP contribution in [0.3, 0.4) is 0 Å². The van der Waals surface area contributed by atoms with Gasteiger partial charge in [-0.15, -0.1) is 6.42 Å². The maximum Gasteiger partial charge on any atom is 0.216 e. The van der Waals surface area contributed by atoms with Crippen molar-refractivity contribution in [2.75, 3.05) is 13.1 Å². The molecule has 0 fully saturated rings. The number of rotatable bonds is 2. The van der Waals surface area contributed by atoms with Gasteiger partial charge in [0, 0.05) is 18.7 Å². The van der Waals surface area contributed by atoms with Gasteiger partial charge in [0.15, 0.2) is 0 Å². The minimum atomic E-state index is -0.847. The summed E-state index contributed by atoms with van der Waals surface area (Å²) in [7, 11) is 0. The molecular weight excluding hydrogens is 190 g/mol. The van der Waals surface area contributed by atoms with Crippen molar-refractivity contribution in [3.8, 4) is 12.3 Å². The van der Waals surface area contributed by atoms with E-state index in [4.69, 9.17) is 11.2 Å². The second-order valence-corrected chi connectivity index (χ2v) is 4.68. The molecule has 0 bridgehead atoms. The van der Waals surface area contributed by atoms with Crippen molar-refractivity contribution in [2.45, 2.75) is 39.2 Å². The Kier molecular flexibility index (Phi) is 3.92. The minimum absolute atomic E-state index is 0.338. The summed E-state index contributed by atoms with van der Waals surface area (Å²) in [5.74, 6) is 2.62. The van der Waals surface area contributed by atoms with Gasteiger partial charge in [0.2, 0.25) is 6.41 Å². The highest BCUT2D eigenvalue weighted by Crippen LogP contribution is 2.16. The lowest BCUT2D eigenvalue weighted by atomic mass is 10.1. The third-order valence-electron chi connectivity index (χ3n) is 2.20. The molecule has 0 aliphatic carbocycles. The van der Waals surface area contributed by atoms with Crippen LogP contribution in [-0.4, -0.2) is 35.1 Å². The van der Waals surface area contributed by atoms with Crippen LogP contribution in [0, 0.1) is 12.3 Å². The third-order valence-corrected chi connectivity index (χ3v) is 2.20. The van der Waals surface area contributed by atoms with Crippen molar-refractivity contribution < 1.29 is 9.84 Å². The van der Waals surface area contributed by atoms with Crippen LogP contribution in [0.5, 0.6) is 0 Å². The van der Waals surface area contributed by atoms with E-state index in [1.54, 1.807) is 0 Å². The van der Waals surface area contributed by atoms with E-state index in [2.05, 4.69) is 5.92 Å². The fourth-order valence-corrected chi connectivity index (χ4v) is 1.41. The molecule has 1 aliphatic heterocycles. The van der Waals surface area contributed by atoms with E-state index in [1.165, 1.54) is 0 Å². The van der Waals surface area contributed by atoms with E-state index in [9.17, 15) is 5.11 Å². The summed E-state index contributed by atoms with van der Waals surface area (Å²) in [6.45, 7) is 7.15. The third kappa shape index (κ3) is 4.05. The smallest absolute Gasteiger partial charge is 0.216 e. The maximum atomic E-state index is 9.79. The molecule has 1 unspecified atom stereocenters. The molecular formula is C12H19NO2. The van der Waals surface area contributed by atoms with E-state index in [0.717, 1.165) is 18.5 Å². The Morgan fingerprint density at radius 2 is 2.27 bits per heavy atom. The summed E-state index contributed by atoms with van der Waals surface area (Å²) in [6.07, 6.45) is 7.21. The summed E-state index contributed by atoms with van der Waals surface area (Å²) in [5.41, 5.74) is 0.671. The minimum Gasteiger partial charge on any atom is -0.356 e. The largest absolute Gasteiger partial charge is 0.356 e. The summed E-state index contributed by atoms with van der Waals surface area (Å²) in [6, 6.07) is 0. The number of aliphatic hydroxyl groups is 1. The van der Waals surface area contributed by atoms with Crippen molar-refractivity contribution in [2.24, 2.45) is 0 Å². The standard InChI is InChI=1S/C12H19NO2/c1-5-10-6-8-13(9-7-10)11(14)15-12(2,3)4/h1,6,11,14H,7-9H2,2-4H3. The van der Waals surface area contributed by atoms with Gasteiger partial charge in [-0.3, -0.25) is 4.90 Å². The first-order valence-corrected chi connectivity index (χ1v) is 5.18. The van der Waals surface area contributed by atoms with Gasteiger partial charge in [-0.2, -0.15) is 0 Å². The zero-order valence-corrected chi connectivity index (χ0v) is 9.66. The molecule has 3 nitrogen and oxygen atoms in total. The molecule has 0 aromatic heterocycles. The van der Waals surface area contributed by atoms with Gasteiger partial charge in [0.25, 0.3) is 0 Å². The molecule has 15 heavy (non-hydrogen) atoms. The molecule has 1 atom stereocenters. The number of aliphatic hydroxyl groups excluding tert-OH is 1. The predicted octanol–water partition coefficient (Wildman–Crippen LogP) is 1.34. The number of ether oxygens (including phenoxy) is 1. The van der Waals surface area contributed by atoms with Crippen molar-refractivity contribution in [3.05, 3.63) is 11.6 Å². The highest BCUT2D eigenvalue weighted by Gasteiger charge is 2.23. The van der Waals surface area contributed by atoms with Gasteiger partial charge >= 0.3 is 0 Å². The molecule has 0 saturated carbocycles. The molecule has 0 amide bonds. The van der Waals surface area contributed by atoms with Crippen LogP contribution in [0.15, 0.2) is 11.6 Å². The molecule has 1 heterocycles. The van der Waals surface area contributed by atoms with Gasteiger partial charge in [0.05, 0.1) is 5.60 Å². The first-order chi connectivity index (χ1) is 6.92. The lowest BCUT2D eigenvalue weighted by Gasteiger charge is -2.33. The van der Waals surface area contributed by atoms with Crippen LogP contribution in [0.2, 0.25) is 0 Å². The molecule has 0 aromatic rings. The number of nitrogens with zero attached hydrogens (tertiary/aromatic N) is 1. The second-order valence-electron chi connectivity index (χ2n) is 4.68. The van der Waals surface area contributed by atoms with Gasteiger partial charge in [-0.1, -0.05) is 12.0 Å². The van der Waals surface area contributed by atoms with Gasteiger partial charge < -0.3 is 9.84 Å². The van der Waals surface area contributed by atoms with E-state index in [-0.39, 0.29) is 5.60 Å². The summed E-state index contributed by atoms with van der Waals surface area (Å²) >= 11 is 0. The van der Waals surface area contributed by atoms with Crippen molar-refractivity contribution >= 4 is 0 Å². The zero-order valence-electron chi connectivity index (χ0n) is 9.66. The van der Waals surface area contributed by atoms with Crippen LogP contribution in [0.1, 0.15) is 27.2 Å². The summed E-state index contributed by atoms with van der Waals surface area (Å²) < 4.78 is 5.45. The molecule has 1 N–H and O–H groups in total. The van der Waals surface area contributed by atoms with Crippen LogP contribution >= 0.6 is 0 Å². The average molecular weight is 209 g/mol. The first kappa shape index (κ1) is 12.3. The monoisotopic (exact) mass is 209 g/mol. The second kappa shape index (κ2) is 4.80. The highest BCUT2D eigenvalue weighted by molar-refractivity contribution is 5.27. The SMILES string of the molecule is C#CC1=CCN(C(O)OC(C)(C)C)CC1. The van der Waals surface area contributed by atoms with Crippen molar-refractivity contribution in [3.63, 3.8) is 0 Å². The molecule has 0 saturated heterocycles. The lowest BCUT2D eigenvalue weighted by Crippen LogP contribution is -2.43. The van der Waals surface area contributed by atoms with E-state index in [0.29, 0.717) is 6.54 Å². The fraction of sp³-hybridized carbons (Fsp3) is 0.667. The Labute approximate surface area is 91.7 Å². The first-order valence-electron chi connectivity index (χ1n) is 5.18. The average Bonchev–Trinajstić information content (AvgIpc) is 2.15. The molecule has 0 spiro atoms. The Balaban J connectivity index is 2.48. The quantitative estimate of drug-likeness (QED) is 0.550. The van der Waals surface area contributed by atoms with Gasteiger partial charge in [-0.05, 0) is 27.2 Å². The molecule has 1 aliphatic rings.